The molecule has 0 fully saturated rings. The van der Waals surface area contributed by atoms with Gasteiger partial charge in [0.1, 0.15) is 0 Å². The number of hydrogen-bond acceptors (Lipinski definition) is 3. The topological polar surface area (TPSA) is 37.8 Å². The van der Waals surface area contributed by atoms with E-state index in [9.17, 15) is 0 Å². The molecule has 1 N–H and O–H groups in total. The minimum absolute atomic E-state index is 0.177. The molecule has 3 rings (SSSR count). The van der Waals surface area contributed by atoms with Gasteiger partial charge in [0.05, 0.1) is 12.2 Å². The highest BCUT2D eigenvalue weighted by Crippen LogP contribution is 2.28. The number of aryl methyl sites for hydroxylation is 3. The Labute approximate surface area is 137 Å². The second-order valence-corrected chi connectivity index (χ2v) is 6.37. The van der Waals surface area contributed by atoms with Gasteiger partial charge in [-0.05, 0) is 74.6 Å². The van der Waals surface area contributed by atoms with Crippen molar-refractivity contribution in [2.24, 2.45) is 0 Å². The van der Waals surface area contributed by atoms with Gasteiger partial charge in [-0.2, -0.15) is 5.10 Å². The molecule has 23 heavy (non-hydrogen) atoms. The van der Waals surface area contributed by atoms with Crippen molar-refractivity contribution in [3.63, 3.8) is 0 Å². The average Bonchev–Trinajstić information content (AvgIpc) is 2.52. The third-order valence-electron chi connectivity index (χ3n) is 4.74. The van der Waals surface area contributed by atoms with Crippen molar-refractivity contribution < 1.29 is 0 Å². The Balaban J connectivity index is 2.01. The first-order valence-corrected chi connectivity index (χ1v) is 8.02. The number of benzene rings is 2. The minimum atomic E-state index is 0.177. The maximum Gasteiger partial charge on any atom is 0.157 e. The summed E-state index contributed by atoms with van der Waals surface area (Å²) in [5, 5.41) is 14.3. The number of anilines is 1. The standard InChI is InChI=1S/C20H23N3/c1-12-7-6-8-18(15(12)4)16(5)22-20-19-10-14(3)13(2)9-17(19)11-21-23-20/h6-11,16H,1-5H3,(H,22,23)/t16-/m1/s1. The van der Waals surface area contributed by atoms with E-state index in [1.807, 2.05) is 6.20 Å². The highest BCUT2D eigenvalue weighted by molar-refractivity contribution is 5.92. The van der Waals surface area contributed by atoms with Crippen LogP contribution in [0.4, 0.5) is 5.82 Å². The number of hydrogen-bond donors (Lipinski definition) is 1. The first-order valence-electron chi connectivity index (χ1n) is 8.02. The third-order valence-corrected chi connectivity index (χ3v) is 4.74. The van der Waals surface area contributed by atoms with Crippen LogP contribution in [0.5, 0.6) is 0 Å². The molecular weight excluding hydrogens is 282 g/mol. The highest BCUT2D eigenvalue weighted by Gasteiger charge is 2.12. The lowest BCUT2D eigenvalue weighted by molar-refractivity contribution is 0.854. The van der Waals surface area contributed by atoms with Gasteiger partial charge in [0.15, 0.2) is 5.82 Å². The van der Waals surface area contributed by atoms with Gasteiger partial charge in [0, 0.05) is 10.8 Å². The molecule has 0 bridgehead atoms. The second-order valence-electron chi connectivity index (χ2n) is 6.37. The number of aromatic nitrogens is 2. The zero-order valence-corrected chi connectivity index (χ0v) is 14.4. The van der Waals surface area contributed by atoms with E-state index in [-0.39, 0.29) is 6.04 Å². The Morgan fingerprint density at radius 3 is 2.48 bits per heavy atom. The predicted octanol–water partition coefficient (Wildman–Crippen LogP) is 5.04. The fourth-order valence-corrected chi connectivity index (χ4v) is 2.99. The van der Waals surface area contributed by atoms with Crippen LogP contribution in [0.2, 0.25) is 0 Å². The number of rotatable bonds is 3. The molecule has 3 nitrogen and oxygen atoms in total. The van der Waals surface area contributed by atoms with Crippen LogP contribution < -0.4 is 5.32 Å². The molecule has 0 unspecified atom stereocenters. The molecule has 0 saturated carbocycles. The van der Waals surface area contributed by atoms with Crippen LogP contribution >= 0.6 is 0 Å². The van der Waals surface area contributed by atoms with Crippen LogP contribution in [0.3, 0.4) is 0 Å². The van der Waals surface area contributed by atoms with Crippen LogP contribution in [0.15, 0.2) is 36.5 Å². The van der Waals surface area contributed by atoms with Crippen LogP contribution in [0.25, 0.3) is 10.8 Å². The van der Waals surface area contributed by atoms with Crippen molar-refractivity contribution >= 4 is 16.6 Å². The molecule has 0 radical (unpaired) electrons. The van der Waals surface area contributed by atoms with E-state index in [1.165, 1.54) is 27.8 Å². The molecule has 0 aliphatic rings. The van der Waals surface area contributed by atoms with Crippen molar-refractivity contribution in [2.75, 3.05) is 5.32 Å². The average molecular weight is 305 g/mol. The lowest BCUT2D eigenvalue weighted by atomic mass is 9.98. The van der Waals surface area contributed by atoms with E-state index < -0.39 is 0 Å². The first-order chi connectivity index (χ1) is 11.0. The zero-order chi connectivity index (χ0) is 16.6. The molecule has 0 aliphatic heterocycles. The second kappa shape index (κ2) is 5.99. The Morgan fingerprint density at radius 1 is 0.957 bits per heavy atom. The van der Waals surface area contributed by atoms with Gasteiger partial charge in [0.25, 0.3) is 0 Å². The summed E-state index contributed by atoms with van der Waals surface area (Å²) in [6, 6.07) is 11.0. The maximum atomic E-state index is 4.33. The maximum absolute atomic E-state index is 4.33. The van der Waals surface area contributed by atoms with Gasteiger partial charge in [0.2, 0.25) is 0 Å². The molecule has 0 saturated heterocycles. The van der Waals surface area contributed by atoms with Crippen LogP contribution in [0.1, 0.15) is 40.8 Å². The van der Waals surface area contributed by atoms with Crippen molar-refractivity contribution in [3.05, 3.63) is 64.3 Å². The molecule has 0 aliphatic carbocycles. The summed E-state index contributed by atoms with van der Waals surface area (Å²) in [7, 11) is 0. The summed E-state index contributed by atoms with van der Waals surface area (Å²) < 4.78 is 0. The van der Waals surface area contributed by atoms with E-state index in [4.69, 9.17) is 0 Å². The highest BCUT2D eigenvalue weighted by atomic mass is 15.2. The van der Waals surface area contributed by atoms with Crippen LogP contribution in [-0.4, -0.2) is 10.2 Å². The molecule has 1 heterocycles. The Bertz CT molecular complexity index is 868. The fraction of sp³-hybridized carbons (Fsp3) is 0.300. The number of fused-ring (bicyclic) bond motifs is 1. The Morgan fingerprint density at radius 2 is 1.70 bits per heavy atom. The van der Waals surface area contributed by atoms with E-state index in [0.717, 1.165) is 16.6 Å². The summed E-state index contributed by atoms with van der Waals surface area (Å²) >= 11 is 0. The fourth-order valence-electron chi connectivity index (χ4n) is 2.99. The van der Waals surface area contributed by atoms with Gasteiger partial charge in [-0.25, -0.2) is 0 Å². The van der Waals surface area contributed by atoms with Crippen molar-refractivity contribution in [1.82, 2.24) is 10.2 Å². The summed E-state index contributed by atoms with van der Waals surface area (Å²) in [6.07, 6.45) is 1.83. The van der Waals surface area contributed by atoms with Gasteiger partial charge >= 0.3 is 0 Å². The zero-order valence-electron chi connectivity index (χ0n) is 14.4. The largest absolute Gasteiger partial charge is 0.362 e. The van der Waals surface area contributed by atoms with Crippen molar-refractivity contribution in [2.45, 2.75) is 40.7 Å². The predicted molar refractivity (Wildman–Crippen MR) is 97.0 cm³/mol. The summed E-state index contributed by atoms with van der Waals surface area (Å²) in [6.45, 7) is 10.7. The van der Waals surface area contributed by atoms with Crippen molar-refractivity contribution in [3.8, 4) is 0 Å². The molecule has 0 amide bonds. The van der Waals surface area contributed by atoms with Gasteiger partial charge in [-0.15, -0.1) is 5.10 Å². The Kier molecular flexibility index (Phi) is 4.03. The molecule has 118 valence electrons. The van der Waals surface area contributed by atoms with E-state index >= 15 is 0 Å². The summed E-state index contributed by atoms with van der Waals surface area (Å²) in [4.78, 5) is 0. The molecular formula is C20H23N3. The first kappa shape index (κ1) is 15.5. The SMILES string of the molecule is Cc1cc2cnnc(N[C@H](C)c3cccc(C)c3C)c2cc1C. The molecule has 1 atom stereocenters. The number of nitrogens with one attached hydrogen (secondary N) is 1. The smallest absolute Gasteiger partial charge is 0.157 e. The molecule has 2 aromatic carbocycles. The monoisotopic (exact) mass is 305 g/mol. The van der Waals surface area contributed by atoms with Crippen molar-refractivity contribution in [1.29, 1.82) is 0 Å². The molecule has 3 heteroatoms. The Hall–Kier alpha value is -2.42. The summed E-state index contributed by atoms with van der Waals surface area (Å²) in [5.41, 5.74) is 6.49. The normalized spacial score (nSPS) is 12.4. The van der Waals surface area contributed by atoms with Crippen LogP contribution in [0, 0.1) is 27.7 Å². The molecule has 0 spiro atoms. The summed E-state index contributed by atoms with van der Waals surface area (Å²) in [5.74, 6) is 0.846. The molecule has 1 aromatic heterocycles. The van der Waals surface area contributed by atoms with E-state index in [2.05, 4.69) is 80.5 Å². The van der Waals surface area contributed by atoms with E-state index in [0.29, 0.717) is 0 Å². The van der Waals surface area contributed by atoms with Gasteiger partial charge in [-0.1, -0.05) is 18.2 Å². The third kappa shape index (κ3) is 2.91. The lowest BCUT2D eigenvalue weighted by Gasteiger charge is -2.19. The van der Waals surface area contributed by atoms with Crippen LogP contribution in [-0.2, 0) is 0 Å². The van der Waals surface area contributed by atoms with Gasteiger partial charge in [-0.3, -0.25) is 0 Å². The van der Waals surface area contributed by atoms with E-state index in [1.54, 1.807) is 0 Å². The quantitative estimate of drug-likeness (QED) is 0.737. The number of nitrogens with zero attached hydrogens (tertiary/aromatic N) is 2. The molecule has 3 aromatic rings. The lowest BCUT2D eigenvalue weighted by Crippen LogP contribution is -2.11. The minimum Gasteiger partial charge on any atom is -0.362 e. The van der Waals surface area contributed by atoms with Gasteiger partial charge < -0.3 is 5.32 Å².